The van der Waals surface area contributed by atoms with Crippen molar-refractivity contribution in [3.63, 3.8) is 0 Å². The van der Waals surface area contributed by atoms with E-state index in [0.717, 1.165) is 12.5 Å². The van der Waals surface area contributed by atoms with Gasteiger partial charge >= 0.3 is 6.09 Å². The van der Waals surface area contributed by atoms with Crippen LogP contribution in [-0.2, 0) is 33.3 Å². The first-order chi connectivity index (χ1) is 12.1. The van der Waals surface area contributed by atoms with Gasteiger partial charge in [0.25, 0.3) is 20.2 Å². The summed E-state index contributed by atoms with van der Waals surface area (Å²) < 4.78 is 59.9. The zero-order valence-corrected chi connectivity index (χ0v) is 18.3. The first kappa shape index (κ1) is 24.1. The molecule has 0 radical (unpaired) electrons. The van der Waals surface area contributed by atoms with Crippen LogP contribution in [0.1, 0.15) is 40.0 Å². The second kappa shape index (κ2) is 9.53. The predicted molar refractivity (Wildman–Crippen MR) is 100 cm³/mol. The smallest absolute Gasteiger partial charge is 0.410 e. The molecule has 160 valence electrons. The summed E-state index contributed by atoms with van der Waals surface area (Å²) >= 11 is 0. The number of carbonyl (C=O) groups excluding carboxylic acids is 1. The fourth-order valence-electron chi connectivity index (χ4n) is 2.77. The maximum atomic E-state index is 12.1. The summed E-state index contributed by atoms with van der Waals surface area (Å²) in [6.45, 7) is 6.23. The summed E-state index contributed by atoms with van der Waals surface area (Å²) in [5.41, 5.74) is -0.551. The second-order valence-electron chi connectivity index (χ2n) is 7.99. The molecule has 1 fully saturated rings. The Labute approximate surface area is 162 Å². The summed E-state index contributed by atoms with van der Waals surface area (Å²) in [6, 6.07) is 0. The second-order valence-corrected chi connectivity index (χ2v) is 11.3. The van der Waals surface area contributed by atoms with Crippen LogP contribution in [0.2, 0.25) is 0 Å². The van der Waals surface area contributed by atoms with E-state index in [1.165, 1.54) is 0 Å². The lowest BCUT2D eigenvalue weighted by atomic mass is 9.88. The summed E-state index contributed by atoms with van der Waals surface area (Å²) in [5, 5.41) is 0. The minimum atomic E-state index is -3.63. The molecule has 0 aromatic rings. The predicted octanol–water partition coefficient (Wildman–Crippen LogP) is 1.59. The third-order valence-corrected chi connectivity index (χ3v) is 5.10. The van der Waals surface area contributed by atoms with E-state index in [9.17, 15) is 21.6 Å². The van der Waals surface area contributed by atoms with Crippen LogP contribution >= 0.6 is 0 Å². The Hall–Kier alpha value is -0.910. The molecule has 0 bridgehead atoms. The Morgan fingerprint density at radius 2 is 1.44 bits per heavy atom. The number of rotatable bonds is 8. The van der Waals surface area contributed by atoms with Crippen molar-refractivity contribution < 1.29 is 34.7 Å². The first-order valence-electron chi connectivity index (χ1n) is 8.81. The van der Waals surface area contributed by atoms with Crippen LogP contribution in [0, 0.1) is 11.8 Å². The maximum absolute atomic E-state index is 12.1. The topological polar surface area (TPSA) is 116 Å². The monoisotopic (exact) mass is 429 g/mol. The Kier molecular flexibility index (Phi) is 8.52. The minimum Gasteiger partial charge on any atom is -0.444 e. The highest BCUT2D eigenvalue weighted by Gasteiger charge is 2.29. The molecule has 9 nitrogen and oxygen atoms in total. The van der Waals surface area contributed by atoms with Crippen LogP contribution in [-0.4, -0.2) is 72.2 Å². The Balaban J connectivity index is 2.57. The van der Waals surface area contributed by atoms with Crippen LogP contribution in [0.5, 0.6) is 0 Å². The van der Waals surface area contributed by atoms with Crippen LogP contribution in [0.15, 0.2) is 0 Å². The van der Waals surface area contributed by atoms with Gasteiger partial charge in [0.15, 0.2) is 0 Å². The average Bonchev–Trinajstić information content (AvgIpc) is 2.47. The Morgan fingerprint density at radius 1 is 1.00 bits per heavy atom. The van der Waals surface area contributed by atoms with Crippen LogP contribution in [0.4, 0.5) is 4.79 Å². The van der Waals surface area contributed by atoms with Gasteiger partial charge in [-0.3, -0.25) is 8.37 Å². The van der Waals surface area contributed by atoms with E-state index in [0.29, 0.717) is 32.4 Å². The molecule has 11 heteroatoms. The molecule has 0 unspecified atom stereocenters. The van der Waals surface area contributed by atoms with E-state index in [4.69, 9.17) is 13.1 Å². The Bertz CT molecular complexity index is 652. The number of amides is 1. The first-order valence-corrected chi connectivity index (χ1v) is 12.4. The molecule has 1 aliphatic rings. The van der Waals surface area contributed by atoms with E-state index >= 15 is 0 Å². The summed E-state index contributed by atoms with van der Waals surface area (Å²) in [4.78, 5) is 13.7. The van der Waals surface area contributed by atoms with Crippen molar-refractivity contribution in [3.8, 4) is 0 Å². The summed E-state index contributed by atoms with van der Waals surface area (Å²) in [6.07, 6.45) is 3.52. The fourth-order valence-corrected chi connectivity index (χ4v) is 3.65. The van der Waals surface area contributed by atoms with Gasteiger partial charge in [-0.1, -0.05) is 0 Å². The van der Waals surface area contributed by atoms with E-state index < -0.39 is 25.8 Å². The molecule has 1 saturated heterocycles. The molecule has 1 rings (SSSR count). The third kappa shape index (κ3) is 11.5. The molecule has 0 aromatic heterocycles. The van der Waals surface area contributed by atoms with Gasteiger partial charge in [-0.15, -0.1) is 0 Å². The van der Waals surface area contributed by atoms with Crippen molar-refractivity contribution in [1.82, 2.24) is 4.90 Å². The SMILES string of the molecule is CC(C)(C)OC(=O)N1CCC(CC(COS(C)(=O)=O)COS(C)(=O)=O)CC1. The van der Waals surface area contributed by atoms with E-state index in [-0.39, 0.29) is 31.1 Å². The number of hydrogen-bond acceptors (Lipinski definition) is 8. The van der Waals surface area contributed by atoms with E-state index in [2.05, 4.69) is 0 Å². The molecule has 1 aliphatic heterocycles. The minimum absolute atomic E-state index is 0.138. The van der Waals surface area contributed by atoms with Crippen LogP contribution in [0.25, 0.3) is 0 Å². The number of ether oxygens (including phenoxy) is 1. The molecule has 0 aliphatic carbocycles. The van der Waals surface area contributed by atoms with Gasteiger partial charge in [0.05, 0.1) is 25.7 Å². The number of carbonyl (C=O) groups is 1. The zero-order chi connectivity index (χ0) is 20.9. The molecular formula is C16H31NO8S2. The molecule has 0 N–H and O–H groups in total. The maximum Gasteiger partial charge on any atom is 0.410 e. The molecular weight excluding hydrogens is 398 g/mol. The number of piperidine rings is 1. The highest BCUT2D eigenvalue weighted by molar-refractivity contribution is 7.86. The van der Waals surface area contributed by atoms with Gasteiger partial charge < -0.3 is 9.64 Å². The molecule has 27 heavy (non-hydrogen) atoms. The number of likely N-dealkylation sites (tertiary alicyclic amines) is 1. The molecule has 0 atom stereocenters. The van der Waals surface area contributed by atoms with Crippen LogP contribution < -0.4 is 0 Å². The standard InChI is InChI=1S/C16H31NO8S2/c1-16(2,3)25-15(18)17-8-6-13(7-9-17)10-14(11-23-26(4,19)20)12-24-27(5,21)22/h13-14H,6-12H2,1-5H3. The van der Waals surface area contributed by atoms with Crippen molar-refractivity contribution in [2.75, 3.05) is 38.8 Å². The zero-order valence-electron chi connectivity index (χ0n) is 16.6. The lowest BCUT2D eigenvalue weighted by Crippen LogP contribution is -2.42. The highest BCUT2D eigenvalue weighted by atomic mass is 32.2. The summed E-state index contributed by atoms with van der Waals surface area (Å²) in [5.74, 6) is -0.174. The average molecular weight is 430 g/mol. The van der Waals surface area contributed by atoms with Crippen LogP contribution in [0.3, 0.4) is 0 Å². The van der Waals surface area contributed by atoms with E-state index in [1.807, 2.05) is 20.8 Å². The van der Waals surface area contributed by atoms with E-state index in [1.54, 1.807) is 4.90 Å². The third-order valence-electron chi connectivity index (χ3n) is 3.97. The van der Waals surface area contributed by atoms with Gasteiger partial charge in [-0.05, 0) is 46.0 Å². The molecule has 1 heterocycles. The van der Waals surface area contributed by atoms with Gasteiger partial charge in [0.1, 0.15) is 5.60 Å². The quantitative estimate of drug-likeness (QED) is 0.534. The van der Waals surface area contributed by atoms with Gasteiger partial charge in [0.2, 0.25) is 0 Å². The lowest BCUT2D eigenvalue weighted by molar-refractivity contribution is 0.0167. The van der Waals surface area contributed by atoms with Crippen molar-refractivity contribution in [1.29, 1.82) is 0 Å². The number of nitrogens with zero attached hydrogens (tertiary/aromatic N) is 1. The highest BCUT2D eigenvalue weighted by Crippen LogP contribution is 2.26. The van der Waals surface area contributed by atoms with Crippen molar-refractivity contribution >= 4 is 26.3 Å². The van der Waals surface area contributed by atoms with Gasteiger partial charge in [0, 0.05) is 19.0 Å². The van der Waals surface area contributed by atoms with Gasteiger partial charge in [-0.25, -0.2) is 4.79 Å². The lowest BCUT2D eigenvalue weighted by Gasteiger charge is -2.34. The number of hydrogen-bond donors (Lipinski definition) is 0. The molecule has 0 aromatic carbocycles. The molecule has 0 saturated carbocycles. The largest absolute Gasteiger partial charge is 0.444 e. The van der Waals surface area contributed by atoms with Crippen molar-refractivity contribution in [3.05, 3.63) is 0 Å². The Morgan fingerprint density at radius 3 is 1.81 bits per heavy atom. The van der Waals surface area contributed by atoms with Crippen molar-refractivity contribution in [2.45, 2.75) is 45.6 Å². The normalized spacial score (nSPS) is 17.3. The fraction of sp³-hybridized carbons (Fsp3) is 0.938. The summed E-state index contributed by atoms with van der Waals surface area (Å²) in [7, 11) is -7.25. The van der Waals surface area contributed by atoms with Crippen molar-refractivity contribution in [2.24, 2.45) is 11.8 Å². The molecule has 0 spiro atoms. The molecule has 1 amide bonds. The van der Waals surface area contributed by atoms with Gasteiger partial charge in [-0.2, -0.15) is 16.8 Å².